The Morgan fingerprint density at radius 3 is 2.00 bits per heavy atom. The highest BCUT2D eigenvalue weighted by atomic mass is 32.2. The highest BCUT2D eigenvalue weighted by molar-refractivity contribution is 8.00. The van der Waals surface area contributed by atoms with E-state index in [1.165, 1.54) is 18.7 Å². The van der Waals surface area contributed by atoms with E-state index >= 15 is 0 Å². The summed E-state index contributed by atoms with van der Waals surface area (Å²) in [4.78, 5) is 24.3. The van der Waals surface area contributed by atoms with Gasteiger partial charge in [-0.15, -0.1) is 11.8 Å². The highest BCUT2D eigenvalue weighted by Crippen LogP contribution is 2.26. The fourth-order valence-corrected chi connectivity index (χ4v) is 2.86. The van der Waals surface area contributed by atoms with Crippen LogP contribution in [0.5, 0.6) is 5.75 Å². The van der Waals surface area contributed by atoms with Crippen molar-refractivity contribution < 1.29 is 14.3 Å². The second-order valence-corrected chi connectivity index (χ2v) is 6.60. The Morgan fingerprint density at radius 1 is 0.958 bits per heavy atom. The van der Waals surface area contributed by atoms with Crippen molar-refractivity contribution in [3.63, 3.8) is 0 Å². The summed E-state index contributed by atoms with van der Waals surface area (Å²) in [6, 6.07) is 14.6. The molecule has 0 aliphatic carbocycles. The maximum absolute atomic E-state index is 12.3. The first-order valence-corrected chi connectivity index (χ1v) is 8.35. The van der Waals surface area contributed by atoms with Crippen LogP contribution >= 0.6 is 11.8 Å². The molecule has 5 nitrogen and oxygen atoms in total. The third-order valence-corrected chi connectivity index (χ3v) is 4.33. The van der Waals surface area contributed by atoms with Crippen molar-refractivity contribution in [2.45, 2.75) is 24.0 Å². The molecule has 0 saturated carbocycles. The topological polar surface area (TPSA) is 67.4 Å². The number of benzene rings is 2. The van der Waals surface area contributed by atoms with Crippen LogP contribution in [0, 0.1) is 0 Å². The Bertz CT molecular complexity index is 699. The van der Waals surface area contributed by atoms with E-state index in [0.717, 1.165) is 10.6 Å². The van der Waals surface area contributed by atoms with Crippen molar-refractivity contribution in [1.29, 1.82) is 0 Å². The summed E-state index contributed by atoms with van der Waals surface area (Å²) >= 11 is 1.48. The smallest absolute Gasteiger partial charge is 0.237 e. The Morgan fingerprint density at radius 2 is 1.50 bits per heavy atom. The first-order valence-electron chi connectivity index (χ1n) is 7.47. The summed E-state index contributed by atoms with van der Waals surface area (Å²) in [6.07, 6.45) is 0. The lowest BCUT2D eigenvalue weighted by molar-refractivity contribution is -0.115. The molecule has 0 bridgehead atoms. The number of thioether (sulfide) groups is 1. The number of anilines is 2. The molecular weight excluding hydrogens is 324 g/mol. The lowest BCUT2D eigenvalue weighted by atomic mass is 10.2. The highest BCUT2D eigenvalue weighted by Gasteiger charge is 2.14. The molecule has 0 aliphatic heterocycles. The van der Waals surface area contributed by atoms with Crippen molar-refractivity contribution in [2.75, 3.05) is 17.7 Å². The third-order valence-electron chi connectivity index (χ3n) is 3.21. The quantitative estimate of drug-likeness (QED) is 0.783. The molecule has 0 aromatic heterocycles. The Kier molecular flexibility index (Phi) is 6.26. The molecule has 0 radical (unpaired) electrons. The number of carbonyl (C=O) groups is 2. The van der Waals surface area contributed by atoms with E-state index in [2.05, 4.69) is 10.6 Å². The van der Waals surface area contributed by atoms with Crippen LogP contribution in [0.15, 0.2) is 53.4 Å². The molecule has 2 N–H and O–H groups in total. The van der Waals surface area contributed by atoms with Crippen molar-refractivity contribution >= 4 is 35.0 Å². The van der Waals surface area contributed by atoms with Crippen LogP contribution < -0.4 is 15.4 Å². The molecular formula is C18H20N2O3S. The number of hydrogen-bond acceptors (Lipinski definition) is 4. The van der Waals surface area contributed by atoms with Crippen molar-refractivity contribution in [2.24, 2.45) is 0 Å². The van der Waals surface area contributed by atoms with Gasteiger partial charge in [0, 0.05) is 23.2 Å². The normalized spacial score (nSPS) is 11.5. The van der Waals surface area contributed by atoms with E-state index in [-0.39, 0.29) is 17.1 Å². The number of ether oxygens (including phenoxy) is 1. The molecule has 1 unspecified atom stereocenters. The Hall–Kier alpha value is -2.47. The minimum Gasteiger partial charge on any atom is -0.497 e. The predicted molar refractivity (Wildman–Crippen MR) is 97.7 cm³/mol. The summed E-state index contributed by atoms with van der Waals surface area (Å²) in [7, 11) is 1.62. The van der Waals surface area contributed by atoms with Gasteiger partial charge < -0.3 is 15.4 Å². The van der Waals surface area contributed by atoms with Gasteiger partial charge in [-0.3, -0.25) is 9.59 Å². The van der Waals surface area contributed by atoms with Gasteiger partial charge in [-0.05, 0) is 55.5 Å². The second-order valence-electron chi connectivity index (χ2n) is 5.18. The van der Waals surface area contributed by atoms with E-state index < -0.39 is 0 Å². The van der Waals surface area contributed by atoms with Gasteiger partial charge in [-0.2, -0.15) is 0 Å². The summed E-state index contributed by atoms with van der Waals surface area (Å²) in [5.41, 5.74) is 1.39. The van der Waals surface area contributed by atoms with Gasteiger partial charge in [0.1, 0.15) is 5.75 Å². The zero-order chi connectivity index (χ0) is 17.5. The van der Waals surface area contributed by atoms with E-state index in [4.69, 9.17) is 4.74 Å². The van der Waals surface area contributed by atoms with E-state index in [1.54, 1.807) is 31.4 Å². The van der Waals surface area contributed by atoms with Crippen molar-refractivity contribution in [3.05, 3.63) is 48.5 Å². The molecule has 2 rings (SSSR count). The first kappa shape index (κ1) is 17.9. The molecule has 0 aliphatic rings. The zero-order valence-electron chi connectivity index (χ0n) is 13.8. The molecule has 24 heavy (non-hydrogen) atoms. The molecule has 2 amide bonds. The van der Waals surface area contributed by atoms with Crippen molar-refractivity contribution in [1.82, 2.24) is 0 Å². The fourth-order valence-electron chi connectivity index (χ4n) is 2.00. The van der Waals surface area contributed by atoms with E-state index in [1.807, 2.05) is 31.2 Å². The molecule has 2 aromatic carbocycles. The lowest BCUT2D eigenvalue weighted by Crippen LogP contribution is -2.22. The van der Waals surface area contributed by atoms with Gasteiger partial charge >= 0.3 is 0 Å². The van der Waals surface area contributed by atoms with Crippen LogP contribution in [0.25, 0.3) is 0 Å². The van der Waals surface area contributed by atoms with Gasteiger partial charge in [0.25, 0.3) is 0 Å². The average Bonchev–Trinajstić information content (AvgIpc) is 2.56. The minimum atomic E-state index is -0.242. The van der Waals surface area contributed by atoms with Crippen LogP contribution in [-0.2, 0) is 9.59 Å². The van der Waals surface area contributed by atoms with E-state index in [9.17, 15) is 9.59 Å². The monoisotopic (exact) mass is 344 g/mol. The zero-order valence-corrected chi connectivity index (χ0v) is 14.6. The van der Waals surface area contributed by atoms with Gasteiger partial charge in [0.05, 0.1) is 12.4 Å². The number of methoxy groups -OCH3 is 1. The molecule has 0 spiro atoms. The average molecular weight is 344 g/mol. The number of carbonyl (C=O) groups excluding carboxylic acids is 2. The summed E-state index contributed by atoms with van der Waals surface area (Å²) in [6.45, 7) is 3.31. The molecule has 1 atom stereocenters. The summed E-state index contributed by atoms with van der Waals surface area (Å²) < 4.78 is 5.12. The lowest BCUT2D eigenvalue weighted by Gasteiger charge is -2.13. The number of hydrogen-bond donors (Lipinski definition) is 2. The number of rotatable bonds is 6. The molecule has 6 heteroatoms. The number of amides is 2. The van der Waals surface area contributed by atoms with Gasteiger partial charge in [-0.1, -0.05) is 0 Å². The standard InChI is InChI=1S/C18H20N2O3S/c1-12(24-17-10-8-16(23-3)9-11-17)18(22)20-15-6-4-14(5-7-15)19-13(2)21/h4-12H,1-3H3,(H,19,21)(H,20,22). The maximum atomic E-state index is 12.3. The van der Waals surface area contributed by atoms with Gasteiger partial charge in [-0.25, -0.2) is 0 Å². The van der Waals surface area contributed by atoms with Crippen LogP contribution in [0.4, 0.5) is 11.4 Å². The Labute approximate surface area is 145 Å². The van der Waals surface area contributed by atoms with Crippen molar-refractivity contribution in [3.8, 4) is 5.75 Å². The van der Waals surface area contributed by atoms with Crippen LogP contribution in [-0.4, -0.2) is 24.2 Å². The molecule has 2 aromatic rings. The van der Waals surface area contributed by atoms with Gasteiger partial charge in [0.2, 0.25) is 11.8 Å². The number of nitrogens with one attached hydrogen (secondary N) is 2. The molecule has 0 heterocycles. The SMILES string of the molecule is COc1ccc(SC(C)C(=O)Nc2ccc(NC(C)=O)cc2)cc1. The van der Waals surface area contributed by atoms with Crippen LogP contribution in [0.3, 0.4) is 0 Å². The largest absolute Gasteiger partial charge is 0.497 e. The summed E-state index contributed by atoms with van der Waals surface area (Å²) in [5.74, 6) is 0.579. The van der Waals surface area contributed by atoms with Gasteiger partial charge in [0.15, 0.2) is 0 Å². The molecule has 0 fully saturated rings. The summed E-state index contributed by atoms with van der Waals surface area (Å²) in [5, 5.41) is 5.31. The first-order chi connectivity index (χ1) is 11.5. The minimum absolute atomic E-state index is 0.0805. The fraction of sp³-hybridized carbons (Fsp3) is 0.222. The predicted octanol–water partition coefficient (Wildman–Crippen LogP) is 3.77. The second kappa shape index (κ2) is 8.40. The Balaban J connectivity index is 1.91. The molecule has 0 saturated heterocycles. The molecule has 126 valence electrons. The third kappa shape index (κ3) is 5.31. The van der Waals surface area contributed by atoms with Crippen LogP contribution in [0.2, 0.25) is 0 Å². The van der Waals surface area contributed by atoms with Crippen LogP contribution in [0.1, 0.15) is 13.8 Å². The van der Waals surface area contributed by atoms with E-state index in [0.29, 0.717) is 11.4 Å². The maximum Gasteiger partial charge on any atom is 0.237 e.